The number of carbonyl (C=O) groups is 2. The fourth-order valence-corrected chi connectivity index (χ4v) is 5.73. The molecule has 8 nitrogen and oxygen atoms in total. The van der Waals surface area contributed by atoms with Crippen molar-refractivity contribution in [3.63, 3.8) is 0 Å². The maximum Gasteiger partial charge on any atom is 0.228 e. The Labute approximate surface area is 253 Å². The van der Waals surface area contributed by atoms with Crippen LogP contribution in [0.5, 0.6) is 0 Å². The third-order valence-electron chi connectivity index (χ3n) is 6.98. The van der Waals surface area contributed by atoms with Crippen molar-refractivity contribution in [2.24, 2.45) is 5.73 Å². The molecule has 0 saturated heterocycles. The van der Waals surface area contributed by atoms with Crippen LogP contribution in [0.4, 0.5) is 8.78 Å². The van der Waals surface area contributed by atoms with E-state index in [1.807, 2.05) is 48.5 Å². The van der Waals surface area contributed by atoms with Gasteiger partial charge in [-0.1, -0.05) is 61.5 Å². The average molecular weight is 608 g/mol. The van der Waals surface area contributed by atoms with Crippen LogP contribution in [-0.2, 0) is 35.4 Å². The summed E-state index contributed by atoms with van der Waals surface area (Å²) >= 11 is 1.20. The highest BCUT2D eigenvalue weighted by Crippen LogP contribution is 2.25. The molecule has 11 heteroatoms. The Balaban J connectivity index is 1.44. The topological polar surface area (TPSA) is 130 Å². The number of amides is 2. The molecule has 3 aromatic carbocycles. The van der Waals surface area contributed by atoms with E-state index in [2.05, 4.69) is 33.8 Å². The Bertz CT molecular complexity index is 1500. The number of nitrogens with two attached hydrogens (primary N) is 1. The number of nitrogens with one attached hydrogen (secondary N) is 2. The second-order valence-corrected chi connectivity index (χ2v) is 11.5. The summed E-state index contributed by atoms with van der Waals surface area (Å²) < 4.78 is 27.8. The standard InChI is InChI=1S/C32H35F2N5O3S/c1-2-20-9-6-10-22(11-20)18-36-19-28(40)27(14-23-12-24(33)16-25(34)13-23)37-29(41)17-26(31(35)42)32-39-38-30(43-32)15-21-7-4-3-5-8-21/h3-13,16,26-28,36,40H,2,14-15,17-19H2,1H3,(H2,35,42)(H,37,41)/t26?,27-,28+/m0/s1. The molecule has 1 heterocycles. The predicted octanol–water partition coefficient (Wildman–Crippen LogP) is 3.81. The van der Waals surface area contributed by atoms with Crippen molar-refractivity contribution in [1.82, 2.24) is 20.8 Å². The van der Waals surface area contributed by atoms with E-state index in [-0.39, 0.29) is 24.9 Å². The minimum atomic E-state index is -1.12. The summed E-state index contributed by atoms with van der Waals surface area (Å²) in [5.41, 5.74) is 9.15. The molecular weight excluding hydrogens is 572 g/mol. The highest BCUT2D eigenvalue weighted by molar-refractivity contribution is 7.11. The first-order valence-electron chi connectivity index (χ1n) is 14.1. The van der Waals surface area contributed by atoms with Gasteiger partial charge < -0.3 is 21.5 Å². The second-order valence-electron chi connectivity index (χ2n) is 10.4. The number of hydrogen-bond donors (Lipinski definition) is 4. The molecule has 43 heavy (non-hydrogen) atoms. The van der Waals surface area contributed by atoms with Crippen LogP contribution in [0.15, 0.2) is 72.8 Å². The molecule has 0 bridgehead atoms. The van der Waals surface area contributed by atoms with Crippen LogP contribution in [0, 0.1) is 11.6 Å². The van der Waals surface area contributed by atoms with Crippen LogP contribution < -0.4 is 16.4 Å². The number of aliphatic hydroxyl groups excluding tert-OH is 1. The lowest BCUT2D eigenvalue weighted by atomic mass is 9.99. The molecule has 1 aromatic heterocycles. The highest BCUT2D eigenvalue weighted by Gasteiger charge is 2.29. The van der Waals surface area contributed by atoms with E-state index in [0.717, 1.165) is 35.7 Å². The quantitative estimate of drug-likeness (QED) is 0.163. The van der Waals surface area contributed by atoms with Gasteiger partial charge in [-0.15, -0.1) is 21.5 Å². The summed E-state index contributed by atoms with van der Waals surface area (Å²) in [5.74, 6) is -3.87. The average Bonchev–Trinajstić information content (AvgIpc) is 3.43. The summed E-state index contributed by atoms with van der Waals surface area (Å²) in [6.45, 7) is 2.64. The van der Waals surface area contributed by atoms with E-state index in [9.17, 15) is 23.5 Å². The van der Waals surface area contributed by atoms with E-state index in [1.54, 1.807) is 0 Å². The first kappa shape index (κ1) is 31.9. The van der Waals surface area contributed by atoms with Gasteiger partial charge in [0.25, 0.3) is 0 Å². The van der Waals surface area contributed by atoms with Crippen molar-refractivity contribution in [2.45, 2.75) is 57.2 Å². The Kier molecular flexibility index (Phi) is 11.4. The molecular formula is C32H35F2N5O3S. The summed E-state index contributed by atoms with van der Waals surface area (Å²) in [4.78, 5) is 25.5. The lowest BCUT2D eigenvalue weighted by Crippen LogP contribution is -2.49. The minimum Gasteiger partial charge on any atom is -0.390 e. The fourth-order valence-electron chi connectivity index (χ4n) is 4.74. The first-order chi connectivity index (χ1) is 20.7. The zero-order valence-corrected chi connectivity index (χ0v) is 24.6. The Hall–Kier alpha value is -4.06. The number of rotatable bonds is 15. The molecule has 3 atom stereocenters. The van der Waals surface area contributed by atoms with Crippen molar-refractivity contribution in [2.75, 3.05) is 6.54 Å². The van der Waals surface area contributed by atoms with Gasteiger partial charge in [-0.05, 0) is 47.2 Å². The maximum atomic E-state index is 13.9. The summed E-state index contributed by atoms with van der Waals surface area (Å²) in [6, 6.07) is 19.8. The second kappa shape index (κ2) is 15.4. The minimum absolute atomic E-state index is 0.0458. The highest BCUT2D eigenvalue weighted by atomic mass is 32.1. The Morgan fingerprint density at radius 1 is 0.930 bits per heavy atom. The van der Waals surface area contributed by atoms with Gasteiger partial charge in [-0.2, -0.15) is 0 Å². The maximum absolute atomic E-state index is 13.9. The van der Waals surface area contributed by atoms with E-state index < -0.39 is 41.5 Å². The first-order valence-corrected chi connectivity index (χ1v) is 14.9. The summed E-state index contributed by atoms with van der Waals surface area (Å²) in [5, 5.41) is 26.3. The van der Waals surface area contributed by atoms with Crippen LogP contribution in [0.25, 0.3) is 0 Å². The lowest BCUT2D eigenvalue weighted by Gasteiger charge is -2.25. The third kappa shape index (κ3) is 9.74. The van der Waals surface area contributed by atoms with Crippen LogP contribution in [-0.4, -0.2) is 45.8 Å². The van der Waals surface area contributed by atoms with Crippen LogP contribution in [0.2, 0.25) is 0 Å². The molecule has 4 aromatic rings. The Morgan fingerprint density at radius 3 is 2.33 bits per heavy atom. The smallest absolute Gasteiger partial charge is 0.228 e. The van der Waals surface area contributed by atoms with Gasteiger partial charge >= 0.3 is 0 Å². The van der Waals surface area contributed by atoms with Crippen molar-refractivity contribution in [1.29, 1.82) is 0 Å². The van der Waals surface area contributed by atoms with Crippen molar-refractivity contribution >= 4 is 23.2 Å². The molecule has 0 fully saturated rings. The van der Waals surface area contributed by atoms with Crippen LogP contribution in [0.3, 0.4) is 0 Å². The number of aromatic nitrogens is 2. The number of aryl methyl sites for hydroxylation is 1. The third-order valence-corrected chi connectivity index (χ3v) is 8.02. The van der Waals surface area contributed by atoms with Crippen LogP contribution >= 0.6 is 11.3 Å². The van der Waals surface area contributed by atoms with Gasteiger partial charge in [-0.25, -0.2) is 8.78 Å². The predicted molar refractivity (Wildman–Crippen MR) is 161 cm³/mol. The van der Waals surface area contributed by atoms with Gasteiger partial charge in [0.2, 0.25) is 11.8 Å². The number of halogens is 2. The zero-order chi connectivity index (χ0) is 30.8. The van der Waals surface area contributed by atoms with Gasteiger partial charge in [-0.3, -0.25) is 9.59 Å². The monoisotopic (exact) mass is 607 g/mol. The van der Waals surface area contributed by atoms with Crippen molar-refractivity contribution in [3.05, 3.63) is 117 Å². The number of benzene rings is 3. The Morgan fingerprint density at radius 2 is 1.63 bits per heavy atom. The number of nitrogens with zero attached hydrogens (tertiary/aromatic N) is 2. The number of hydrogen-bond acceptors (Lipinski definition) is 7. The molecule has 0 spiro atoms. The molecule has 0 aliphatic rings. The van der Waals surface area contributed by atoms with Gasteiger partial charge in [0.1, 0.15) is 27.6 Å². The van der Waals surface area contributed by atoms with E-state index in [4.69, 9.17) is 5.73 Å². The summed E-state index contributed by atoms with van der Waals surface area (Å²) in [7, 11) is 0. The molecule has 4 rings (SSSR count). The molecule has 0 saturated carbocycles. The summed E-state index contributed by atoms with van der Waals surface area (Å²) in [6.07, 6.45) is -0.0735. The van der Waals surface area contributed by atoms with E-state index in [0.29, 0.717) is 23.0 Å². The van der Waals surface area contributed by atoms with E-state index in [1.165, 1.54) is 16.9 Å². The molecule has 2 amide bonds. The largest absolute Gasteiger partial charge is 0.390 e. The molecule has 0 aliphatic carbocycles. The van der Waals surface area contributed by atoms with Crippen LogP contribution in [0.1, 0.15) is 51.5 Å². The van der Waals surface area contributed by atoms with E-state index >= 15 is 0 Å². The molecule has 0 aliphatic heterocycles. The molecule has 0 radical (unpaired) electrons. The van der Waals surface area contributed by atoms with Gasteiger partial charge in [0.05, 0.1) is 12.1 Å². The fraction of sp³-hybridized carbons (Fsp3) is 0.312. The van der Waals surface area contributed by atoms with Gasteiger partial charge in [0, 0.05) is 32.0 Å². The van der Waals surface area contributed by atoms with Crippen molar-refractivity contribution < 1.29 is 23.5 Å². The SMILES string of the molecule is CCc1cccc(CNC[C@@H](O)[C@H](Cc2cc(F)cc(F)c2)NC(=O)CC(C(N)=O)c2nnc(Cc3ccccc3)s2)c1. The number of carbonyl (C=O) groups excluding carboxylic acids is 2. The molecule has 1 unspecified atom stereocenters. The lowest BCUT2D eigenvalue weighted by molar-refractivity contribution is -0.127. The molecule has 5 N–H and O–H groups in total. The number of primary amides is 1. The number of aliphatic hydroxyl groups is 1. The van der Waals surface area contributed by atoms with Gasteiger partial charge in [0.15, 0.2) is 0 Å². The zero-order valence-electron chi connectivity index (χ0n) is 23.8. The molecule has 226 valence electrons. The van der Waals surface area contributed by atoms with Crippen molar-refractivity contribution in [3.8, 4) is 0 Å². The normalized spacial score (nSPS) is 13.3.